The highest BCUT2D eigenvalue weighted by Crippen LogP contribution is 2.37. The number of benzene rings is 1. The minimum Gasteiger partial charge on any atom is -0.493 e. The molecule has 1 N–H and O–H groups in total. The van der Waals surface area contributed by atoms with E-state index in [1.807, 2.05) is 13.0 Å². The molecule has 24 heavy (non-hydrogen) atoms. The van der Waals surface area contributed by atoms with Gasteiger partial charge in [-0.3, -0.25) is 0 Å². The number of esters is 1. The molecule has 1 heterocycles. The molecule has 2 aromatic rings. The number of ether oxygens (including phenoxy) is 3. The monoisotopic (exact) mass is 331 g/mol. The first-order valence-electron chi connectivity index (χ1n) is 7.69. The summed E-state index contributed by atoms with van der Waals surface area (Å²) in [7, 11) is 1.59. The summed E-state index contributed by atoms with van der Waals surface area (Å²) in [6.07, 6.45) is 2.36. The van der Waals surface area contributed by atoms with Gasteiger partial charge in [-0.05, 0) is 32.4 Å². The summed E-state index contributed by atoms with van der Waals surface area (Å²) < 4.78 is 16.1. The van der Waals surface area contributed by atoms with Crippen LogP contribution in [-0.2, 0) is 11.2 Å². The van der Waals surface area contributed by atoms with Crippen molar-refractivity contribution in [1.82, 2.24) is 15.4 Å². The lowest BCUT2D eigenvalue weighted by Crippen LogP contribution is -2.07. The molecule has 0 aliphatic rings. The molecule has 0 aliphatic heterocycles. The van der Waals surface area contributed by atoms with E-state index in [4.69, 9.17) is 14.2 Å². The maximum Gasteiger partial charge on any atom is 0.361 e. The molecule has 0 aliphatic carbocycles. The van der Waals surface area contributed by atoms with Crippen molar-refractivity contribution in [2.45, 2.75) is 20.3 Å². The van der Waals surface area contributed by atoms with E-state index in [0.29, 0.717) is 35.8 Å². The Morgan fingerprint density at radius 1 is 1.29 bits per heavy atom. The molecule has 0 spiro atoms. The fraction of sp³-hybridized carbons (Fsp3) is 0.353. The summed E-state index contributed by atoms with van der Waals surface area (Å²) >= 11 is 0. The van der Waals surface area contributed by atoms with E-state index in [1.54, 1.807) is 26.2 Å². The van der Waals surface area contributed by atoms with Crippen LogP contribution in [0.25, 0.3) is 11.3 Å². The van der Waals surface area contributed by atoms with Crippen LogP contribution in [-0.4, -0.2) is 41.7 Å². The van der Waals surface area contributed by atoms with E-state index < -0.39 is 5.97 Å². The van der Waals surface area contributed by atoms with Crippen LogP contribution in [0.3, 0.4) is 0 Å². The van der Waals surface area contributed by atoms with Crippen molar-refractivity contribution >= 4 is 5.97 Å². The average molecular weight is 331 g/mol. The van der Waals surface area contributed by atoms with Crippen molar-refractivity contribution in [3.05, 3.63) is 36.0 Å². The summed E-state index contributed by atoms with van der Waals surface area (Å²) in [5, 5.41) is 10.5. The number of rotatable bonds is 8. The maximum atomic E-state index is 12.0. The van der Waals surface area contributed by atoms with Crippen LogP contribution < -0.4 is 9.47 Å². The number of methoxy groups -OCH3 is 1. The first-order chi connectivity index (χ1) is 11.7. The topological polar surface area (TPSA) is 86.3 Å². The lowest BCUT2D eigenvalue weighted by molar-refractivity contribution is 0.0520. The standard InChI is InChI=1S/C17H21N3O4/c1-5-8-11-9-12(10-13(23-6-2)16(11)22-4)14-15(19-20-18-14)17(21)24-7-3/h5,9-10H,1,6-8H2,2-4H3,(H,18,19,20). The Kier molecular flexibility index (Phi) is 5.95. The largest absolute Gasteiger partial charge is 0.493 e. The van der Waals surface area contributed by atoms with Gasteiger partial charge in [0.1, 0.15) is 5.69 Å². The van der Waals surface area contributed by atoms with Crippen LogP contribution in [0.5, 0.6) is 11.5 Å². The second-order valence-electron chi connectivity index (χ2n) is 4.83. The number of allylic oxidation sites excluding steroid dienone is 1. The van der Waals surface area contributed by atoms with E-state index in [2.05, 4.69) is 22.0 Å². The minimum atomic E-state index is -0.528. The van der Waals surface area contributed by atoms with Crippen molar-refractivity contribution < 1.29 is 19.0 Å². The highest BCUT2D eigenvalue weighted by atomic mass is 16.5. The van der Waals surface area contributed by atoms with E-state index >= 15 is 0 Å². The number of aromatic amines is 1. The molecule has 0 unspecified atom stereocenters. The molecular formula is C17H21N3O4. The molecule has 7 nitrogen and oxygen atoms in total. The Morgan fingerprint density at radius 2 is 2.08 bits per heavy atom. The number of carbonyl (C=O) groups excluding carboxylic acids is 1. The van der Waals surface area contributed by atoms with Crippen LogP contribution in [0.1, 0.15) is 29.9 Å². The van der Waals surface area contributed by atoms with Gasteiger partial charge in [-0.25, -0.2) is 4.79 Å². The quantitative estimate of drug-likeness (QED) is 0.591. The highest BCUT2D eigenvalue weighted by molar-refractivity contribution is 5.94. The fourth-order valence-corrected chi connectivity index (χ4v) is 2.37. The summed E-state index contributed by atoms with van der Waals surface area (Å²) in [5.74, 6) is 0.689. The molecule has 0 amide bonds. The second-order valence-corrected chi connectivity index (χ2v) is 4.83. The predicted molar refractivity (Wildman–Crippen MR) is 89.4 cm³/mol. The number of nitrogens with one attached hydrogen (secondary N) is 1. The van der Waals surface area contributed by atoms with Gasteiger partial charge in [-0.2, -0.15) is 10.3 Å². The summed E-state index contributed by atoms with van der Waals surface area (Å²) in [5.41, 5.74) is 2.11. The molecule has 0 saturated carbocycles. The Hall–Kier alpha value is -2.83. The van der Waals surface area contributed by atoms with E-state index in [0.717, 1.165) is 5.56 Å². The van der Waals surface area contributed by atoms with Crippen molar-refractivity contribution in [1.29, 1.82) is 0 Å². The third-order valence-electron chi connectivity index (χ3n) is 3.29. The zero-order valence-corrected chi connectivity index (χ0v) is 14.1. The van der Waals surface area contributed by atoms with E-state index in [1.165, 1.54) is 0 Å². The number of H-pyrrole nitrogens is 1. The van der Waals surface area contributed by atoms with Gasteiger partial charge in [-0.1, -0.05) is 6.08 Å². The van der Waals surface area contributed by atoms with Gasteiger partial charge in [-0.15, -0.1) is 11.7 Å². The molecule has 1 aromatic heterocycles. The second kappa shape index (κ2) is 8.14. The molecule has 0 radical (unpaired) electrons. The zero-order valence-electron chi connectivity index (χ0n) is 14.1. The van der Waals surface area contributed by atoms with Gasteiger partial charge in [0.05, 0.1) is 20.3 Å². The highest BCUT2D eigenvalue weighted by Gasteiger charge is 2.22. The van der Waals surface area contributed by atoms with Crippen LogP contribution in [0, 0.1) is 0 Å². The van der Waals surface area contributed by atoms with Gasteiger partial charge in [0.25, 0.3) is 0 Å². The third-order valence-corrected chi connectivity index (χ3v) is 3.29. The van der Waals surface area contributed by atoms with Crippen molar-refractivity contribution in [3.63, 3.8) is 0 Å². The van der Waals surface area contributed by atoms with Crippen LogP contribution in [0.2, 0.25) is 0 Å². The number of nitrogens with zero attached hydrogens (tertiary/aromatic N) is 2. The molecule has 128 valence electrons. The number of carbonyl (C=O) groups is 1. The zero-order chi connectivity index (χ0) is 17.5. The SMILES string of the molecule is C=CCc1cc(-c2n[nH]nc2C(=O)OCC)cc(OCC)c1OC. The van der Waals surface area contributed by atoms with Crippen LogP contribution in [0.15, 0.2) is 24.8 Å². The first kappa shape index (κ1) is 17.5. The third kappa shape index (κ3) is 3.56. The van der Waals surface area contributed by atoms with Crippen molar-refractivity contribution in [2.75, 3.05) is 20.3 Å². The molecule has 1 aromatic carbocycles. The fourth-order valence-electron chi connectivity index (χ4n) is 2.37. The van der Waals surface area contributed by atoms with E-state index in [9.17, 15) is 4.79 Å². The summed E-state index contributed by atoms with van der Waals surface area (Å²) in [6, 6.07) is 3.65. The normalized spacial score (nSPS) is 10.3. The lowest BCUT2D eigenvalue weighted by Gasteiger charge is -2.15. The molecule has 0 fully saturated rings. The van der Waals surface area contributed by atoms with Crippen LogP contribution in [0.4, 0.5) is 0 Å². The number of hydrogen-bond acceptors (Lipinski definition) is 6. The Bertz CT molecular complexity index is 725. The first-order valence-corrected chi connectivity index (χ1v) is 7.69. The number of aromatic nitrogens is 3. The van der Waals surface area contributed by atoms with E-state index in [-0.39, 0.29) is 12.3 Å². The van der Waals surface area contributed by atoms with Crippen molar-refractivity contribution in [2.24, 2.45) is 0 Å². The average Bonchev–Trinajstić information content (AvgIpc) is 3.05. The molecule has 0 saturated heterocycles. The smallest absolute Gasteiger partial charge is 0.361 e. The van der Waals surface area contributed by atoms with Gasteiger partial charge < -0.3 is 14.2 Å². The van der Waals surface area contributed by atoms with Gasteiger partial charge in [0.2, 0.25) is 0 Å². The predicted octanol–water partition coefficient (Wildman–Crippen LogP) is 2.78. The van der Waals surface area contributed by atoms with Gasteiger partial charge >= 0.3 is 5.97 Å². The Balaban J connectivity index is 2.56. The van der Waals surface area contributed by atoms with Crippen LogP contribution >= 0.6 is 0 Å². The summed E-state index contributed by atoms with van der Waals surface area (Å²) in [4.78, 5) is 12.0. The van der Waals surface area contributed by atoms with Gasteiger partial charge in [0.15, 0.2) is 17.2 Å². The van der Waals surface area contributed by atoms with Gasteiger partial charge in [0, 0.05) is 11.1 Å². The molecule has 2 rings (SSSR count). The molecule has 7 heteroatoms. The minimum absolute atomic E-state index is 0.133. The Morgan fingerprint density at radius 3 is 2.71 bits per heavy atom. The molecule has 0 bridgehead atoms. The number of hydrogen-bond donors (Lipinski definition) is 1. The maximum absolute atomic E-state index is 12.0. The lowest BCUT2D eigenvalue weighted by atomic mass is 10.0. The molecule has 0 atom stereocenters. The van der Waals surface area contributed by atoms with Crippen molar-refractivity contribution in [3.8, 4) is 22.8 Å². The summed E-state index contributed by atoms with van der Waals surface area (Å²) in [6.45, 7) is 8.14. The Labute approximate surface area is 140 Å². The molecular weight excluding hydrogens is 310 g/mol.